The van der Waals surface area contributed by atoms with Crippen LogP contribution in [0.25, 0.3) is 99.2 Å². The van der Waals surface area contributed by atoms with E-state index < -0.39 is 10.8 Å². The molecule has 2 aromatic heterocycles. The summed E-state index contributed by atoms with van der Waals surface area (Å²) in [6.45, 7) is 0. The summed E-state index contributed by atoms with van der Waals surface area (Å²) in [5.74, 6) is 0. The molecule has 0 amide bonds. The van der Waals surface area contributed by atoms with Crippen molar-refractivity contribution >= 4 is 88.8 Å². The van der Waals surface area contributed by atoms with Gasteiger partial charge in [-0.3, -0.25) is 0 Å². The van der Waals surface area contributed by atoms with E-state index in [0.717, 1.165) is 111 Å². The summed E-state index contributed by atoms with van der Waals surface area (Å²) in [5.41, 5.74) is 27.4. The molecular formula is C96H62N2O2. The number of benzene rings is 16. The summed E-state index contributed by atoms with van der Waals surface area (Å²) >= 11 is 0. The number of anilines is 6. The second-order valence-electron chi connectivity index (χ2n) is 26.5. The first-order valence-corrected chi connectivity index (χ1v) is 34.5. The number of nitrogens with zero attached hydrogens (tertiary/aromatic N) is 2. The minimum absolute atomic E-state index is 0.567. The monoisotopic (exact) mass is 1270 g/mol. The lowest BCUT2D eigenvalue weighted by Gasteiger charge is -2.35. The number of furan rings is 2. The molecule has 0 saturated carbocycles. The molecule has 0 spiro atoms. The van der Waals surface area contributed by atoms with Crippen LogP contribution in [0.2, 0.25) is 0 Å². The molecular weight excluding hydrogens is 1210 g/mol. The molecule has 2 aliphatic carbocycles. The molecule has 2 aliphatic rings. The highest BCUT2D eigenvalue weighted by Gasteiger charge is 2.48. The Kier molecular flexibility index (Phi) is 13.1. The van der Waals surface area contributed by atoms with Gasteiger partial charge in [0.25, 0.3) is 0 Å². The van der Waals surface area contributed by atoms with Gasteiger partial charge < -0.3 is 18.6 Å². The van der Waals surface area contributed by atoms with Gasteiger partial charge in [0.1, 0.15) is 22.3 Å². The normalized spacial score (nSPS) is 13.2. The molecule has 0 saturated heterocycles. The largest absolute Gasteiger partial charge is 0.455 e. The average Bonchev–Trinajstić information content (AvgIpc) is 1.54. The zero-order valence-corrected chi connectivity index (χ0v) is 54.5. The van der Waals surface area contributed by atoms with Gasteiger partial charge in [-0.15, -0.1) is 0 Å². The first-order chi connectivity index (χ1) is 49.6. The molecule has 0 unspecified atom stereocenters. The molecule has 0 atom stereocenters. The standard InChI is InChI=1S/C96H62N2O2/c1-7-29-63(30-8-1)91-81-61-84-80-56-54-74(98(70-41-17-6-18-42-70)72-44-28-38-68(58-72)96(66-35-13-4-14-36-66)87-51-25-21-47-77(87)78-48-22-26-52-88(78)96)60-90(80)100-94(84)92(64-31-9-2-10-32-64)82(81)62-83-79-55-53-73(59-89(79)99-93(83)91)97(69-39-15-5-16-40-69)71-43-27-37-67(57-71)95(65-33-11-3-12-34-65)85-49-23-19-45-75(85)76-46-20-24-50-86(76)95/h1-62H. The first-order valence-electron chi connectivity index (χ1n) is 34.5. The summed E-state index contributed by atoms with van der Waals surface area (Å²) in [6.07, 6.45) is 0. The van der Waals surface area contributed by atoms with Crippen molar-refractivity contribution in [3.05, 3.63) is 421 Å². The smallest absolute Gasteiger partial charge is 0.143 e. The highest BCUT2D eigenvalue weighted by Crippen LogP contribution is 2.59. The van der Waals surface area contributed by atoms with Crippen molar-refractivity contribution in [3.8, 4) is 44.5 Å². The second-order valence-corrected chi connectivity index (χ2v) is 26.5. The third-order valence-electron chi connectivity index (χ3n) is 21.3. The summed E-state index contributed by atoms with van der Waals surface area (Å²) in [7, 11) is 0. The quantitative estimate of drug-likeness (QED) is 0.122. The molecule has 16 aromatic carbocycles. The SMILES string of the molecule is c1ccc(-c2c3cc4c(oc5cc(N(c6ccccc6)c6cccc(C7(c8ccccc8)c8ccccc8-c8ccccc87)c6)ccc54)c(-c4ccccc4)c3cc3c2oc2cc(N(c4ccccc4)c4cccc(C5(c6ccccc6)c6ccccc6-c6ccccc65)c4)ccc23)cc1. The van der Waals surface area contributed by atoms with Gasteiger partial charge >= 0.3 is 0 Å². The van der Waals surface area contributed by atoms with E-state index in [-0.39, 0.29) is 0 Å². The Morgan fingerprint density at radius 3 is 0.850 bits per heavy atom. The highest BCUT2D eigenvalue weighted by atomic mass is 16.3. The van der Waals surface area contributed by atoms with Crippen LogP contribution in [-0.4, -0.2) is 0 Å². The molecule has 100 heavy (non-hydrogen) atoms. The fourth-order valence-electron chi connectivity index (χ4n) is 17.3. The summed E-state index contributed by atoms with van der Waals surface area (Å²) in [6, 6.07) is 137. The van der Waals surface area contributed by atoms with Crippen LogP contribution in [0.3, 0.4) is 0 Å². The minimum atomic E-state index is -0.567. The predicted molar refractivity (Wildman–Crippen MR) is 413 cm³/mol. The Bertz CT molecular complexity index is 5750. The molecule has 0 fully saturated rings. The predicted octanol–water partition coefficient (Wildman–Crippen LogP) is 25.6. The fraction of sp³-hybridized carbons (Fsp3) is 0.0208. The Balaban J connectivity index is 0.765. The molecule has 0 radical (unpaired) electrons. The van der Waals surface area contributed by atoms with Gasteiger partial charge in [0.15, 0.2) is 0 Å². The van der Waals surface area contributed by atoms with Crippen molar-refractivity contribution in [2.75, 3.05) is 9.80 Å². The van der Waals surface area contributed by atoms with Crippen molar-refractivity contribution in [2.45, 2.75) is 10.8 Å². The maximum Gasteiger partial charge on any atom is 0.143 e. The molecule has 0 bridgehead atoms. The Labute approximate surface area is 579 Å². The van der Waals surface area contributed by atoms with Crippen molar-refractivity contribution in [1.29, 1.82) is 0 Å². The van der Waals surface area contributed by atoms with Crippen molar-refractivity contribution < 1.29 is 8.83 Å². The number of hydrogen-bond acceptors (Lipinski definition) is 4. The van der Waals surface area contributed by atoms with Gasteiger partial charge in [-0.2, -0.15) is 0 Å². The lowest BCUT2D eigenvalue weighted by atomic mass is 9.67. The topological polar surface area (TPSA) is 32.8 Å². The van der Waals surface area contributed by atoms with E-state index in [0.29, 0.717) is 0 Å². The summed E-state index contributed by atoms with van der Waals surface area (Å²) in [5, 5.41) is 6.25. The molecule has 0 aliphatic heterocycles. The van der Waals surface area contributed by atoms with Crippen LogP contribution >= 0.6 is 0 Å². The van der Waals surface area contributed by atoms with Crippen molar-refractivity contribution in [3.63, 3.8) is 0 Å². The lowest BCUT2D eigenvalue weighted by molar-refractivity contribution is 0.669. The van der Waals surface area contributed by atoms with E-state index >= 15 is 0 Å². The number of fused-ring (bicyclic) bond motifs is 13. The van der Waals surface area contributed by atoms with Gasteiger partial charge in [0.2, 0.25) is 0 Å². The Morgan fingerprint density at radius 1 is 0.200 bits per heavy atom. The van der Waals surface area contributed by atoms with Gasteiger partial charge in [-0.1, -0.05) is 279 Å². The van der Waals surface area contributed by atoms with Gasteiger partial charge in [-0.25, -0.2) is 0 Å². The van der Waals surface area contributed by atoms with Crippen LogP contribution < -0.4 is 9.80 Å². The second kappa shape index (κ2) is 22.8. The van der Waals surface area contributed by atoms with Crippen molar-refractivity contribution in [2.24, 2.45) is 0 Å². The highest BCUT2D eigenvalue weighted by molar-refractivity contribution is 6.27. The van der Waals surface area contributed by atoms with E-state index in [4.69, 9.17) is 8.83 Å². The van der Waals surface area contributed by atoms with Crippen LogP contribution in [0.15, 0.2) is 385 Å². The third kappa shape index (κ3) is 8.54. The minimum Gasteiger partial charge on any atom is -0.455 e. The van der Waals surface area contributed by atoms with Gasteiger partial charge in [-0.05, 0) is 174 Å². The maximum atomic E-state index is 7.47. The van der Waals surface area contributed by atoms with E-state index in [2.05, 4.69) is 386 Å². The summed E-state index contributed by atoms with van der Waals surface area (Å²) < 4.78 is 14.9. The van der Waals surface area contributed by atoms with Crippen LogP contribution in [-0.2, 0) is 10.8 Å². The zero-order chi connectivity index (χ0) is 65.9. The Morgan fingerprint density at radius 2 is 0.490 bits per heavy atom. The van der Waals surface area contributed by atoms with Crippen molar-refractivity contribution in [1.82, 2.24) is 0 Å². The summed E-state index contributed by atoms with van der Waals surface area (Å²) in [4.78, 5) is 4.75. The molecule has 468 valence electrons. The third-order valence-corrected chi connectivity index (χ3v) is 21.3. The van der Waals surface area contributed by atoms with Crippen LogP contribution in [0.1, 0.15) is 44.5 Å². The molecule has 4 heteroatoms. The molecule has 0 N–H and O–H groups in total. The number of hydrogen-bond donors (Lipinski definition) is 0. The zero-order valence-electron chi connectivity index (χ0n) is 54.5. The van der Waals surface area contributed by atoms with Gasteiger partial charge in [0, 0.05) is 78.9 Å². The van der Waals surface area contributed by atoms with E-state index in [1.54, 1.807) is 0 Å². The van der Waals surface area contributed by atoms with Gasteiger partial charge in [0.05, 0.1) is 10.8 Å². The van der Waals surface area contributed by atoms with Crippen LogP contribution in [0, 0.1) is 0 Å². The fourth-order valence-corrected chi connectivity index (χ4v) is 17.3. The molecule has 18 aromatic rings. The average molecular weight is 1280 g/mol. The Hall–Kier alpha value is -13.0. The number of para-hydroxylation sites is 2. The van der Waals surface area contributed by atoms with Crippen LogP contribution in [0.4, 0.5) is 34.1 Å². The molecule has 2 heterocycles. The molecule has 4 nitrogen and oxygen atoms in total. The van der Waals surface area contributed by atoms with E-state index in [1.807, 2.05) is 0 Å². The van der Waals surface area contributed by atoms with E-state index in [1.165, 1.54) is 66.8 Å². The number of rotatable bonds is 12. The van der Waals surface area contributed by atoms with E-state index in [9.17, 15) is 0 Å². The first kappa shape index (κ1) is 57.2. The maximum absolute atomic E-state index is 7.47. The van der Waals surface area contributed by atoms with Crippen LogP contribution in [0.5, 0.6) is 0 Å². The molecule has 20 rings (SSSR count). The lowest BCUT2D eigenvalue weighted by Crippen LogP contribution is -2.28.